The van der Waals surface area contributed by atoms with Crippen LogP contribution in [-0.4, -0.2) is 19.9 Å². The Balaban J connectivity index is 1.78. The van der Waals surface area contributed by atoms with Crippen LogP contribution in [0.4, 0.5) is 5.69 Å². The van der Waals surface area contributed by atoms with Gasteiger partial charge >= 0.3 is 0 Å². The Hall–Kier alpha value is -3.51. The molecule has 1 N–H and O–H groups in total. The van der Waals surface area contributed by atoms with Crippen LogP contribution in [0, 0.1) is 0 Å². The smallest absolute Gasteiger partial charge is 0.282 e. The third-order valence-corrected chi connectivity index (χ3v) is 6.39. The van der Waals surface area contributed by atoms with Crippen LogP contribution in [0.3, 0.4) is 0 Å². The first-order chi connectivity index (χ1) is 14.8. The first kappa shape index (κ1) is 20.8. The van der Waals surface area contributed by atoms with Gasteiger partial charge in [0.2, 0.25) is 5.78 Å². The summed E-state index contributed by atoms with van der Waals surface area (Å²) in [7, 11) is -3.95. The zero-order valence-corrected chi connectivity index (χ0v) is 18.1. The van der Waals surface area contributed by atoms with Crippen molar-refractivity contribution in [1.29, 1.82) is 0 Å². The zero-order valence-electron chi connectivity index (χ0n) is 17.2. The lowest BCUT2D eigenvalue weighted by Crippen LogP contribution is -2.22. The number of anilines is 1. The highest BCUT2D eigenvalue weighted by atomic mass is 32.2. The molecule has 0 saturated heterocycles. The van der Waals surface area contributed by atoms with Gasteiger partial charge < -0.3 is 5.32 Å². The normalized spacial score (nSPS) is 15.0. The number of allylic oxidation sites excluding steroid dienone is 2. The maximum absolute atomic E-state index is 13.0. The number of carbonyl (C=O) groups is 1. The van der Waals surface area contributed by atoms with E-state index < -0.39 is 10.0 Å². The standard InChI is InChI=1S/C25H22N2O3S/c1-17(2)18-12-14-20(15-13-18)31(29,30)27-23-16-24(26-19-8-4-3-5-9-19)25(28)22-11-7-6-10-21(22)23/h3-17,26H,1-2H3. The van der Waals surface area contributed by atoms with Gasteiger partial charge in [-0.3, -0.25) is 4.79 Å². The molecule has 0 saturated carbocycles. The van der Waals surface area contributed by atoms with Crippen molar-refractivity contribution in [1.82, 2.24) is 0 Å². The molecule has 4 rings (SSSR count). The molecular formula is C25H22N2O3S. The Morgan fingerprint density at radius 1 is 0.806 bits per heavy atom. The monoisotopic (exact) mass is 430 g/mol. The van der Waals surface area contributed by atoms with Crippen LogP contribution in [0.15, 0.2) is 99.9 Å². The number of para-hydroxylation sites is 1. The van der Waals surface area contributed by atoms with Crippen LogP contribution in [-0.2, 0) is 10.0 Å². The largest absolute Gasteiger partial charge is 0.352 e. The van der Waals surface area contributed by atoms with Crippen LogP contribution in [0.25, 0.3) is 0 Å². The van der Waals surface area contributed by atoms with Crippen LogP contribution in [0.2, 0.25) is 0 Å². The molecule has 3 aromatic rings. The molecule has 0 atom stereocenters. The second kappa shape index (κ2) is 8.32. The van der Waals surface area contributed by atoms with E-state index in [0.717, 1.165) is 11.3 Å². The Labute approximate surface area is 182 Å². The fourth-order valence-corrected chi connectivity index (χ4v) is 4.38. The summed E-state index contributed by atoms with van der Waals surface area (Å²) in [6.07, 6.45) is 1.50. The van der Waals surface area contributed by atoms with E-state index in [4.69, 9.17) is 0 Å². The number of nitrogens with one attached hydrogen (secondary N) is 1. The molecule has 156 valence electrons. The molecule has 0 aromatic heterocycles. The van der Waals surface area contributed by atoms with Gasteiger partial charge in [0.25, 0.3) is 10.0 Å². The second-order valence-corrected chi connectivity index (χ2v) is 9.20. The van der Waals surface area contributed by atoms with E-state index in [1.54, 1.807) is 48.5 Å². The Morgan fingerprint density at radius 2 is 1.42 bits per heavy atom. The fourth-order valence-electron chi connectivity index (χ4n) is 3.38. The van der Waals surface area contributed by atoms with Gasteiger partial charge in [-0.05, 0) is 41.8 Å². The number of hydrogen-bond acceptors (Lipinski definition) is 4. The average Bonchev–Trinajstić information content (AvgIpc) is 2.77. The number of sulfonamides is 1. The van der Waals surface area contributed by atoms with Crippen molar-refractivity contribution in [3.8, 4) is 0 Å². The van der Waals surface area contributed by atoms with E-state index in [0.29, 0.717) is 17.0 Å². The number of benzene rings is 3. The minimum atomic E-state index is -3.95. The quantitative estimate of drug-likeness (QED) is 0.605. The maximum Gasteiger partial charge on any atom is 0.282 e. The van der Waals surface area contributed by atoms with Gasteiger partial charge in [0.15, 0.2) is 0 Å². The summed E-state index contributed by atoms with van der Waals surface area (Å²) in [6.45, 7) is 4.09. The highest BCUT2D eigenvalue weighted by molar-refractivity contribution is 7.90. The number of fused-ring (bicyclic) bond motifs is 1. The third kappa shape index (κ3) is 4.34. The summed E-state index contributed by atoms with van der Waals surface area (Å²) in [4.78, 5) is 13.1. The van der Waals surface area contributed by atoms with E-state index in [1.165, 1.54) is 6.08 Å². The summed E-state index contributed by atoms with van der Waals surface area (Å²) < 4.78 is 30.1. The molecule has 0 heterocycles. The lowest BCUT2D eigenvalue weighted by molar-refractivity contribution is 0.103. The summed E-state index contributed by atoms with van der Waals surface area (Å²) in [5.41, 5.74) is 3.18. The summed E-state index contributed by atoms with van der Waals surface area (Å²) in [5, 5.41) is 3.08. The summed E-state index contributed by atoms with van der Waals surface area (Å²) in [6, 6.07) is 22.9. The van der Waals surface area contributed by atoms with Crippen LogP contribution >= 0.6 is 0 Å². The summed E-state index contributed by atoms with van der Waals surface area (Å²) >= 11 is 0. The third-order valence-electron chi connectivity index (χ3n) is 5.09. The molecule has 31 heavy (non-hydrogen) atoms. The number of nitrogens with zero attached hydrogens (tertiary/aromatic N) is 1. The predicted octanol–water partition coefficient (Wildman–Crippen LogP) is 5.18. The topological polar surface area (TPSA) is 75.6 Å². The van der Waals surface area contributed by atoms with E-state index in [2.05, 4.69) is 9.71 Å². The number of rotatable bonds is 5. The van der Waals surface area contributed by atoms with Gasteiger partial charge in [-0.15, -0.1) is 0 Å². The highest BCUT2D eigenvalue weighted by Gasteiger charge is 2.26. The molecule has 1 aliphatic carbocycles. The molecule has 0 amide bonds. The minimum absolute atomic E-state index is 0.116. The molecule has 6 heteroatoms. The molecule has 5 nitrogen and oxygen atoms in total. The van der Waals surface area contributed by atoms with Crippen LogP contribution in [0.5, 0.6) is 0 Å². The molecule has 0 fully saturated rings. The first-order valence-electron chi connectivity index (χ1n) is 9.98. The Morgan fingerprint density at radius 3 is 2.06 bits per heavy atom. The lowest BCUT2D eigenvalue weighted by atomic mass is 9.92. The molecule has 0 radical (unpaired) electrons. The second-order valence-electron chi connectivity index (χ2n) is 7.60. The van der Waals surface area contributed by atoms with Crippen molar-refractivity contribution >= 4 is 27.2 Å². The predicted molar refractivity (Wildman–Crippen MR) is 123 cm³/mol. The molecule has 0 unspecified atom stereocenters. The van der Waals surface area contributed by atoms with E-state index in [9.17, 15) is 13.2 Å². The lowest BCUT2D eigenvalue weighted by Gasteiger charge is -2.18. The van der Waals surface area contributed by atoms with Gasteiger partial charge in [-0.25, -0.2) is 0 Å². The van der Waals surface area contributed by atoms with Crippen LogP contribution in [0.1, 0.15) is 41.3 Å². The van der Waals surface area contributed by atoms with E-state index in [-0.39, 0.29) is 22.1 Å². The molecule has 0 bridgehead atoms. The fraction of sp³-hybridized carbons (Fsp3) is 0.120. The van der Waals surface area contributed by atoms with Gasteiger partial charge in [0.05, 0.1) is 16.3 Å². The van der Waals surface area contributed by atoms with Gasteiger partial charge in [0, 0.05) is 16.8 Å². The number of ketones is 1. The molecule has 3 aromatic carbocycles. The van der Waals surface area contributed by atoms with Gasteiger partial charge in [0.1, 0.15) is 0 Å². The van der Waals surface area contributed by atoms with Gasteiger partial charge in [-0.1, -0.05) is 68.4 Å². The Kier molecular flexibility index (Phi) is 5.57. The SMILES string of the molecule is CC(C)c1ccc(S(=O)(=O)N=C2C=C(Nc3ccccc3)C(=O)c3ccccc32)cc1. The molecule has 1 aliphatic rings. The highest BCUT2D eigenvalue weighted by Crippen LogP contribution is 2.25. The number of hydrogen-bond donors (Lipinski definition) is 1. The molecule has 0 aliphatic heterocycles. The molecular weight excluding hydrogens is 408 g/mol. The maximum atomic E-state index is 13.0. The van der Waals surface area contributed by atoms with Gasteiger partial charge in [-0.2, -0.15) is 12.8 Å². The van der Waals surface area contributed by atoms with E-state index in [1.807, 2.05) is 44.2 Å². The van der Waals surface area contributed by atoms with Crippen molar-refractivity contribution in [3.05, 3.63) is 107 Å². The first-order valence-corrected chi connectivity index (χ1v) is 11.4. The van der Waals surface area contributed by atoms with E-state index >= 15 is 0 Å². The van der Waals surface area contributed by atoms with Crippen molar-refractivity contribution < 1.29 is 13.2 Å². The zero-order chi connectivity index (χ0) is 22.0. The van der Waals surface area contributed by atoms with Crippen molar-refractivity contribution in [2.24, 2.45) is 4.40 Å². The molecule has 0 spiro atoms. The number of carbonyl (C=O) groups excluding carboxylic acids is 1. The van der Waals surface area contributed by atoms with Crippen molar-refractivity contribution in [3.63, 3.8) is 0 Å². The summed E-state index contributed by atoms with van der Waals surface area (Å²) in [5.74, 6) is 0.0888. The minimum Gasteiger partial charge on any atom is -0.352 e. The number of Topliss-reactive ketones (excluding diaryl/α,β-unsaturated/α-hetero) is 1. The average molecular weight is 431 g/mol. The van der Waals surface area contributed by atoms with Crippen molar-refractivity contribution in [2.75, 3.05) is 5.32 Å². The van der Waals surface area contributed by atoms with Crippen molar-refractivity contribution in [2.45, 2.75) is 24.7 Å². The Bertz CT molecular complexity index is 1290. The van der Waals surface area contributed by atoms with Crippen LogP contribution < -0.4 is 5.32 Å².